The van der Waals surface area contributed by atoms with Gasteiger partial charge in [-0.3, -0.25) is 9.69 Å². The van der Waals surface area contributed by atoms with E-state index in [1.54, 1.807) is 79.0 Å². The van der Waals surface area contributed by atoms with E-state index in [9.17, 15) is 13.2 Å². The van der Waals surface area contributed by atoms with Crippen LogP contribution in [0.5, 0.6) is 17.2 Å². The van der Waals surface area contributed by atoms with E-state index in [4.69, 9.17) is 14.2 Å². The Bertz CT molecular complexity index is 1810. The Hall–Kier alpha value is -4.34. The monoisotopic (exact) mass is 601 g/mol. The van der Waals surface area contributed by atoms with Crippen molar-refractivity contribution in [3.8, 4) is 27.7 Å². The molecule has 0 atom stereocenters. The highest BCUT2D eigenvalue weighted by Crippen LogP contribution is 2.48. The Balaban J connectivity index is 1.44. The molecule has 0 saturated carbocycles. The maximum absolute atomic E-state index is 13.2. The number of nitrogens with zero attached hydrogens (tertiary/aromatic N) is 1. The van der Waals surface area contributed by atoms with Gasteiger partial charge in [-0.05, 0) is 91.3 Å². The van der Waals surface area contributed by atoms with Gasteiger partial charge in [0.05, 0.1) is 35.4 Å². The van der Waals surface area contributed by atoms with Crippen LogP contribution >= 0.6 is 11.3 Å². The summed E-state index contributed by atoms with van der Waals surface area (Å²) in [5.41, 5.74) is 3.38. The lowest BCUT2D eigenvalue weighted by Gasteiger charge is -2.23. The zero-order valence-electron chi connectivity index (χ0n) is 23.8. The van der Waals surface area contributed by atoms with Crippen molar-refractivity contribution < 1.29 is 27.4 Å². The highest BCUT2D eigenvalue weighted by atomic mass is 32.2. The van der Waals surface area contributed by atoms with Crippen molar-refractivity contribution in [1.29, 1.82) is 0 Å². The second kappa shape index (κ2) is 12.3. The molecule has 0 aliphatic heterocycles. The van der Waals surface area contributed by atoms with Gasteiger partial charge in [0.25, 0.3) is 0 Å². The van der Waals surface area contributed by atoms with E-state index in [1.165, 1.54) is 6.92 Å². The molecule has 1 amide bonds. The number of carbonyl (C=O) groups excluding carboxylic acids is 1. The molecule has 1 heterocycles. The van der Waals surface area contributed by atoms with Gasteiger partial charge in [-0.25, -0.2) is 8.42 Å². The Morgan fingerprint density at radius 2 is 1.43 bits per heavy atom. The molecule has 5 aromatic rings. The summed E-state index contributed by atoms with van der Waals surface area (Å²) in [4.78, 5) is 16.1. The number of sulfone groups is 1. The molecule has 0 unspecified atom stereocenters. The SMILES string of the molecule is COc1ccc(-c2sc3cc(OC)ccc3c2N(C(C)=O)c2ccc(OCCS(=O)(=O)c3ccc(C)cc3)cc2)cc1. The van der Waals surface area contributed by atoms with Gasteiger partial charge in [0.2, 0.25) is 5.91 Å². The van der Waals surface area contributed by atoms with E-state index >= 15 is 0 Å². The van der Waals surface area contributed by atoms with Crippen molar-refractivity contribution in [3.05, 3.63) is 96.6 Å². The van der Waals surface area contributed by atoms with Gasteiger partial charge in [0.1, 0.15) is 23.9 Å². The molecule has 9 heteroatoms. The number of hydrogen-bond acceptors (Lipinski definition) is 7. The highest BCUT2D eigenvalue weighted by Gasteiger charge is 2.24. The number of fused-ring (bicyclic) bond motifs is 1. The lowest BCUT2D eigenvalue weighted by molar-refractivity contribution is -0.115. The number of anilines is 2. The fraction of sp³-hybridized carbons (Fsp3) is 0.182. The first-order valence-electron chi connectivity index (χ1n) is 13.3. The minimum atomic E-state index is -3.46. The molecule has 0 spiro atoms. The van der Waals surface area contributed by atoms with Crippen LogP contribution in [0.15, 0.2) is 95.9 Å². The molecule has 216 valence electrons. The average Bonchev–Trinajstić information content (AvgIpc) is 3.36. The Morgan fingerprint density at radius 3 is 2.05 bits per heavy atom. The second-order valence-corrected chi connectivity index (χ2v) is 12.9. The first-order chi connectivity index (χ1) is 20.2. The van der Waals surface area contributed by atoms with Crippen LogP contribution in [0.1, 0.15) is 12.5 Å². The second-order valence-electron chi connectivity index (χ2n) is 9.70. The third kappa shape index (κ3) is 6.12. The van der Waals surface area contributed by atoms with Crippen LogP contribution in [-0.4, -0.2) is 40.9 Å². The summed E-state index contributed by atoms with van der Waals surface area (Å²) in [6.07, 6.45) is 0. The lowest BCUT2D eigenvalue weighted by atomic mass is 10.1. The van der Waals surface area contributed by atoms with Crippen molar-refractivity contribution in [2.24, 2.45) is 0 Å². The summed E-state index contributed by atoms with van der Waals surface area (Å²) >= 11 is 1.58. The number of benzene rings is 4. The molecule has 5 rings (SSSR count). The first kappa shape index (κ1) is 29.2. The van der Waals surface area contributed by atoms with Crippen molar-refractivity contribution in [2.75, 3.05) is 31.5 Å². The zero-order chi connectivity index (χ0) is 29.9. The summed E-state index contributed by atoms with van der Waals surface area (Å²) < 4.78 is 42.9. The van der Waals surface area contributed by atoms with Gasteiger partial charge in [0.15, 0.2) is 9.84 Å². The molecule has 0 bridgehead atoms. The maximum Gasteiger partial charge on any atom is 0.228 e. The molecule has 0 radical (unpaired) electrons. The fourth-order valence-corrected chi connectivity index (χ4v) is 6.95. The van der Waals surface area contributed by atoms with Crippen LogP contribution in [0.3, 0.4) is 0 Å². The molecule has 0 N–H and O–H groups in total. The highest BCUT2D eigenvalue weighted by molar-refractivity contribution is 7.91. The smallest absolute Gasteiger partial charge is 0.228 e. The predicted molar refractivity (Wildman–Crippen MR) is 168 cm³/mol. The van der Waals surface area contributed by atoms with Crippen molar-refractivity contribution in [1.82, 2.24) is 0 Å². The minimum Gasteiger partial charge on any atom is -0.497 e. The van der Waals surface area contributed by atoms with Gasteiger partial charge in [-0.2, -0.15) is 0 Å². The van der Waals surface area contributed by atoms with Crippen LogP contribution in [0, 0.1) is 6.92 Å². The molecule has 7 nitrogen and oxygen atoms in total. The molecular formula is C33H31NO6S2. The van der Waals surface area contributed by atoms with E-state index in [1.807, 2.05) is 49.4 Å². The van der Waals surface area contributed by atoms with Gasteiger partial charge in [0, 0.05) is 22.7 Å². The normalized spacial score (nSPS) is 11.3. The van der Waals surface area contributed by atoms with E-state index in [-0.39, 0.29) is 23.2 Å². The summed E-state index contributed by atoms with van der Waals surface area (Å²) in [6.45, 7) is 3.45. The molecule has 0 aliphatic rings. The Morgan fingerprint density at radius 1 is 0.810 bits per heavy atom. The number of methoxy groups -OCH3 is 2. The molecule has 42 heavy (non-hydrogen) atoms. The van der Waals surface area contributed by atoms with Gasteiger partial charge < -0.3 is 14.2 Å². The van der Waals surface area contributed by atoms with E-state index in [0.29, 0.717) is 11.4 Å². The summed E-state index contributed by atoms with van der Waals surface area (Å²) in [5.74, 6) is 1.69. The third-order valence-corrected chi connectivity index (χ3v) is 9.74. The predicted octanol–water partition coefficient (Wildman–Crippen LogP) is 7.43. The van der Waals surface area contributed by atoms with Gasteiger partial charge in [-0.15, -0.1) is 11.3 Å². The van der Waals surface area contributed by atoms with E-state index in [2.05, 4.69) is 0 Å². The van der Waals surface area contributed by atoms with Crippen LogP contribution in [0.25, 0.3) is 20.5 Å². The van der Waals surface area contributed by atoms with Crippen molar-refractivity contribution in [2.45, 2.75) is 18.7 Å². The quantitative estimate of drug-likeness (QED) is 0.166. The maximum atomic E-state index is 13.2. The number of ether oxygens (including phenoxy) is 3. The average molecular weight is 602 g/mol. The first-order valence-corrected chi connectivity index (χ1v) is 15.7. The largest absolute Gasteiger partial charge is 0.497 e. The number of aryl methyl sites for hydroxylation is 1. The Kier molecular flexibility index (Phi) is 8.51. The number of amides is 1. The minimum absolute atomic E-state index is 0.00456. The number of thiophene rings is 1. The summed E-state index contributed by atoms with van der Waals surface area (Å²) in [7, 11) is -0.211. The van der Waals surface area contributed by atoms with Crippen LogP contribution in [0.4, 0.5) is 11.4 Å². The molecule has 0 aliphatic carbocycles. The van der Waals surface area contributed by atoms with Crippen LogP contribution < -0.4 is 19.1 Å². The zero-order valence-corrected chi connectivity index (χ0v) is 25.4. The topological polar surface area (TPSA) is 82.1 Å². The Labute approximate surface area is 249 Å². The van der Waals surface area contributed by atoms with Crippen molar-refractivity contribution in [3.63, 3.8) is 0 Å². The van der Waals surface area contributed by atoms with E-state index in [0.717, 1.165) is 43.3 Å². The fourth-order valence-electron chi connectivity index (χ4n) is 4.64. The summed E-state index contributed by atoms with van der Waals surface area (Å²) in [5, 5.41) is 0.920. The lowest BCUT2D eigenvalue weighted by Crippen LogP contribution is -2.23. The van der Waals surface area contributed by atoms with Crippen LogP contribution in [-0.2, 0) is 14.6 Å². The molecule has 0 saturated heterocycles. The van der Waals surface area contributed by atoms with Crippen LogP contribution in [0.2, 0.25) is 0 Å². The summed E-state index contributed by atoms with van der Waals surface area (Å²) in [6, 6.07) is 27.4. The molecule has 4 aromatic carbocycles. The standard InChI is InChI=1S/C33H31NO6S2/c1-22-5-16-29(17-6-22)42(36,37)20-19-40-27-13-9-25(10-14-27)34(23(2)35)32-30-18-15-28(39-4)21-31(30)41-33(32)24-7-11-26(38-3)12-8-24/h5-18,21H,19-20H2,1-4H3. The number of carbonyl (C=O) groups is 1. The third-order valence-electron chi connectivity index (χ3n) is 6.86. The van der Waals surface area contributed by atoms with E-state index < -0.39 is 9.84 Å². The molecule has 1 aromatic heterocycles. The number of hydrogen-bond donors (Lipinski definition) is 0. The number of rotatable bonds is 10. The molecular weight excluding hydrogens is 570 g/mol. The van der Waals surface area contributed by atoms with Gasteiger partial charge in [-0.1, -0.05) is 17.7 Å². The molecule has 0 fully saturated rings. The van der Waals surface area contributed by atoms with Crippen molar-refractivity contribution >= 4 is 48.5 Å². The van der Waals surface area contributed by atoms with Gasteiger partial charge >= 0.3 is 0 Å².